The maximum atomic E-state index is 11.8. The minimum absolute atomic E-state index is 0.0463. The molecule has 0 amide bonds. The number of aromatic nitrogens is 2. The second-order valence-electron chi connectivity index (χ2n) is 6.32. The van der Waals surface area contributed by atoms with Gasteiger partial charge in [0.25, 0.3) is 0 Å². The van der Waals surface area contributed by atoms with Gasteiger partial charge >= 0.3 is 0 Å². The molecule has 26 heavy (non-hydrogen) atoms. The van der Waals surface area contributed by atoms with Crippen LogP contribution < -0.4 is 5.32 Å². The molecule has 2 heterocycles. The molecule has 1 saturated heterocycles. The van der Waals surface area contributed by atoms with Crippen molar-refractivity contribution in [2.75, 3.05) is 23.4 Å². The zero-order valence-electron chi connectivity index (χ0n) is 14.4. The van der Waals surface area contributed by atoms with Crippen molar-refractivity contribution in [2.45, 2.75) is 32.5 Å². The molecule has 0 saturated carbocycles. The van der Waals surface area contributed by atoms with Crippen LogP contribution >= 0.6 is 39.5 Å². The lowest BCUT2D eigenvalue weighted by atomic mass is 10.2. The number of benzene rings is 1. The lowest BCUT2D eigenvalue weighted by Gasteiger charge is -2.27. The van der Waals surface area contributed by atoms with E-state index in [-0.39, 0.29) is 17.5 Å². The molecule has 0 radical (unpaired) electrons. The van der Waals surface area contributed by atoms with Crippen LogP contribution in [0.25, 0.3) is 0 Å². The molecule has 1 aromatic heterocycles. The summed E-state index contributed by atoms with van der Waals surface area (Å²) in [6.07, 6.45) is 1.64. The Morgan fingerprint density at radius 2 is 2.31 bits per heavy atom. The molecule has 2 aromatic rings. The first-order chi connectivity index (χ1) is 12.4. The lowest BCUT2D eigenvalue weighted by molar-refractivity contribution is 0.156. The smallest absolute Gasteiger partial charge is 0.209 e. The molecule has 1 atom stereocenters. The fourth-order valence-corrected chi connectivity index (χ4v) is 6.20. The number of nitrogens with zero attached hydrogens (tertiary/aromatic N) is 3. The van der Waals surface area contributed by atoms with Crippen LogP contribution in [0.3, 0.4) is 0 Å². The van der Waals surface area contributed by atoms with E-state index in [0.717, 1.165) is 28.3 Å². The van der Waals surface area contributed by atoms with Crippen molar-refractivity contribution in [1.82, 2.24) is 14.7 Å². The summed E-state index contributed by atoms with van der Waals surface area (Å²) in [5.74, 6) is 0.504. The molecule has 1 aliphatic rings. The minimum Gasteiger partial charge on any atom is -0.330 e. The number of nitrogens with one attached hydrogen (secondary N) is 1. The van der Waals surface area contributed by atoms with Gasteiger partial charge in [-0.15, -0.1) is 5.10 Å². The summed E-state index contributed by atoms with van der Waals surface area (Å²) in [4.78, 5) is 2.18. The van der Waals surface area contributed by atoms with E-state index in [1.54, 1.807) is 4.68 Å². The molecule has 0 unspecified atom stereocenters. The standard InChI is InChI=1S/C16H21BrN4O2S3/c1-2-7-20(14-6-8-26(22,23)10-14)11-21-16(24)25-15(19-21)18-13-5-3-4-12(17)9-13/h3-5,9,14H,2,6-8,10-11H2,1H3,(H,18,19)/t14-/m1/s1. The van der Waals surface area contributed by atoms with Gasteiger partial charge in [0.05, 0.1) is 18.2 Å². The second-order valence-corrected chi connectivity index (χ2v) is 11.1. The monoisotopic (exact) mass is 476 g/mol. The van der Waals surface area contributed by atoms with Gasteiger partial charge in [-0.25, -0.2) is 13.1 Å². The molecule has 10 heteroatoms. The third kappa shape index (κ3) is 5.13. The number of halogens is 1. The first-order valence-electron chi connectivity index (χ1n) is 8.41. The Hall–Kier alpha value is -0.810. The summed E-state index contributed by atoms with van der Waals surface area (Å²) in [6.45, 7) is 3.44. The van der Waals surface area contributed by atoms with Crippen LogP contribution in [0, 0.1) is 3.95 Å². The van der Waals surface area contributed by atoms with Crippen molar-refractivity contribution >= 4 is 60.1 Å². The van der Waals surface area contributed by atoms with Crippen molar-refractivity contribution in [3.8, 4) is 0 Å². The molecule has 1 N–H and O–H groups in total. The summed E-state index contributed by atoms with van der Waals surface area (Å²) < 4.78 is 27.1. The summed E-state index contributed by atoms with van der Waals surface area (Å²) in [5, 5.41) is 8.57. The molecular weight excluding hydrogens is 456 g/mol. The Morgan fingerprint density at radius 3 is 2.96 bits per heavy atom. The predicted octanol–water partition coefficient (Wildman–Crippen LogP) is 4.04. The van der Waals surface area contributed by atoms with Crippen molar-refractivity contribution in [2.24, 2.45) is 0 Å². The molecule has 3 rings (SSSR count). The third-order valence-corrected chi connectivity index (χ3v) is 7.70. The van der Waals surface area contributed by atoms with E-state index in [1.807, 2.05) is 24.3 Å². The Bertz CT molecular complexity index is 926. The molecule has 1 aliphatic heterocycles. The quantitative estimate of drug-likeness (QED) is 0.608. The molecular formula is C16H21BrN4O2S3. The Morgan fingerprint density at radius 1 is 1.50 bits per heavy atom. The van der Waals surface area contributed by atoms with Crippen LogP contribution in [0.2, 0.25) is 0 Å². The molecule has 0 aliphatic carbocycles. The number of hydrogen-bond acceptors (Lipinski definition) is 7. The average molecular weight is 477 g/mol. The highest BCUT2D eigenvalue weighted by Crippen LogP contribution is 2.24. The molecule has 0 spiro atoms. The minimum atomic E-state index is -2.91. The van der Waals surface area contributed by atoms with Crippen LogP contribution in [0.15, 0.2) is 28.7 Å². The van der Waals surface area contributed by atoms with Gasteiger partial charge in [-0.1, -0.05) is 40.3 Å². The topological polar surface area (TPSA) is 67.2 Å². The fourth-order valence-electron chi connectivity index (χ4n) is 3.03. The first kappa shape index (κ1) is 19.9. The molecule has 6 nitrogen and oxygen atoms in total. The first-order valence-corrected chi connectivity index (χ1v) is 12.3. The number of anilines is 2. The number of sulfone groups is 1. The maximum absolute atomic E-state index is 11.8. The molecule has 1 aromatic carbocycles. The van der Waals surface area contributed by atoms with E-state index >= 15 is 0 Å². The number of hydrogen-bond donors (Lipinski definition) is 1. The Labute approximate surface area is 171 Å². The normalized spacial score (nSPS) is 19.1. The van der Waals surface area contributed by atoms with E-state index in [0.29, 0.717) is 17.0 Å². The van der Waals surface area contributed by atoms with E-state index in [9.17, 15) is 8.42 Å². The average Bonchev–Trinajstić information content (AvgIpc) is 3.09. The highest BCUT2D eigenvalue weighted by atomic mass is 79.9. The van der Waals surface area contributed by atoms with Crippen LogP contribution in [0.1, 0.15) is 19.8 Å². The zero-order chi connectivity index (χ0) is 18.7. The summed E-state index contributed by atoms with van der Waals surface area (Å²) >= 11 is 10.3. The van der Waals surface area contributed by atoms with Gasteiger partial charge in [0.2, 0.25) is 5.13 Å². The molecule has 1 fully saturated rings. The second kappa shape index (κ2) is 8.47. The zero-order valence-corrected chi connectivity index (χ0v) is 18.4. The summed E-state index contributed by atoms with van der Waals surface area (Å²) in [6, 6.07) is 7.90. The van der Waals surface area contributed by atoms with Crippen LogP contribution in [-0.2, 0) is 16.5 Å². The molecule has 142 valence electrons. The van der Waals surface area contributed by atoms with Crippen molar-refractivity contribution in [1.29, 1.82) is 0 Å². The van der Waals surface area contributed by atoms with Crippen LogP contribution in [0.5, 0.6) is 0 Å². The van der Waals surface area contributed by atoms with E-state index in [4.69, 9.17) is 12.2 Å². The lowest BCUT2D eigenvalue weighted by Crippen LogP contribution is -2.38. The van der Waals surface area contributed by atoms with E-state index in [1.165, 1.54) is 11.3 Å². The summed E-state index contributed by atoms with van der Waals surface area (Å²) in [7, 11) is -2.91. The van der Waals surface area contributed by atoms with Gasteiger partial charge in [-0.3, -0.25) is 4.90 Å². The van der Waals surface area contributed by atoms with E-state index < -0.39 is 9.84 Å². The van der Waals surface area contributed by atoms with Gasteiger partial charge in [-0.05, 0) is 49.8 Å². The van der Waals surface area contributed by atoms with Gasteiger partial charge in [0, 0.05) is 16.2 Å². The number of rotatable bonds is 7. The van der Waals surface area contributed by atoms with Gasteiger partial charge in [0.1, 0.15) is 0 Å². The largest absolute Gasteiger partial charge is 0.330 e. The van der Waals surface area contributed by atoms with Gasteiger partial charge < -0.3 is 5.32 Å². The van der Waals surface area contributed by atoms with Crippen LogP contribution in [0.4, 0.5) is 10.8 Å². The third-order valence-electron chi connectivity index (χ3n) is 4.23. The summed E-state index contributed by atoms with van der Waals surface area (Å²) in [5.41, 5.74) is 0.933. The van der Waals surface area contributed by atoms with Crippen molar-refractivity contribution in [3.63, 3.8) is 0 Å². The predicted molar refractivity (Wildman–Crippen MR) is 112 cm³/mol. The highest BCUT2D eigenvalue weighted by molar-refractivity contribution is 9.10. The SMILES string of the molecule is CCCN(Cn1nc(Nc2cccc(Br)c2)sc1=S)[C@@H]1CCS(=O)(=O)C1. The van der Waals surface area contributed by atoms with E-state index in [2.05, 4.69) is 38.2 Å². The Balaban J connectivity index is 1.74. The molecule has 0 bridgehead atoms. The Kier molecular flexibility index (Phi) is 6.50. The van der Waals surface area contributed by atoms with Crippen molar-refractivity contribution in [3.05, 3.63) is 32.7 Å². The van der Waals surface area contributed by atoms with Gasteiger partial charge in [-0.2, -0.15) is 0 Å². The van der Waals surface area contributed by atoms with Gasteiger partial charge in [0.15, 0.2) is 13.8 Å². The highest BCUT2D eigenvalue weighted by Gasteiger charge is 2.32. The maximum Gasteiger partial charge on any atom is 0.209 e. The van der Waals surface area contributed by atoms with Crippen LogP contribution in [-0.4, -0.2) is 47.2 Å². The fraction of sp³-hybridized carbons (Fsp3) is 0.500. The van der Waals surface area contributed by atoms with Crippen molar-refractivity contribution < 1.29 is 8.42 Å².